The molecule has 0 spiro atoms. The maximum absolute atomic E-state index is 13.4. The number of carbonyl (C=O) groups excluding carboxylic acids is 1. The van der Waals surface area contributed by atoms with Crippen LogP contribution in [-0.4, -0.2) is 15.7 Å². The van der Waals surface area contributed by atoms with Crippen LogP contribution in [0.1, 0.15) is 44.2 Å². The van der Waals surface area contributed by atoms with Gasteiger partial charge in [0.1, 0.15) is 0 Å². The summed E-state index contributed by atoms with van der Waals surface area (Å²) in [6.07, 6.45) is 7.33. The molecule has 2 saturated heterocycles. The van der Waals surface area contributed by atoms with Crippen LogP contribution >= 0.6 is 0 Å². The largest absolute Gasteiger partial charge is 0.345 e. The van der Waals surface area contributed by atoms with Crippen molar-refractivity contribution in [2.45, 2.75) is 46.2 Å². The van der Waals surface area contributed by atoms with Crippen LogP contribution in [0.25, 0.3) is 0 Å². The van der Waals surface area contributed by atoms with E-state index in [9.17, 15) is 4.79 Å². The maximum Gasteiger partial charge on any atom is 0.231 e. The SMILES string of the molecule is C=CCC1CC(C)C2C(=C)N(Cc3cccc(CN4C(=C)C5C(C)CC(C=C)C5C4=O)c3)C(=C)C12. The second kappa shape index (κ2) is 9.00. The van der Waals surface area contributed by atoms with E-state index in [0.717, 1.165) is 30.6 Å². The van der Waals surface area contributed by atoms with Gasteiger partial charge in [0.2, 0.25) is 5.91 Å². The number of allylic oxidation sites excluding steroid dienone is 5. The molecule has 1 aromatic carbocycles. The number of likely N-dealkylation sites (tertiary alicyclic amines) is 2. The van der Waals surface area contributed by atoms with Gasteiger partial charge in [-0.25, -0.2) is 0 Å². The number of rotatable bonds is 7. The highest BCUT2D eigenvalue weighted by molar-refractivity contribution is 5.85. The van der Waals surface area contributed by atoms with E-state index in [1.54, 1.807) is 0 Å². The summed E-state index contributed by atoms with van der Waals surface area (Å²) in [5, 5.41) is 0. The van der Waals surface area contributed by atoms with Crippen LogP contribution < -0.4 is 0 Å². The monoisotopic (exact) mass is 468 g/mol. The van der Waals surface area contributed by atoms with E-state index in [1.807, 2.05) is 11.0 Å². The van der Waals surface area contributed by atoms with Crippen molar-refractivity contribution in [2.24, 2.45) is 47.3 Å². The predicted molar refractivity (Wildman–Crippen MR) is 143 cm³/mol. The molecule has 1 aromatic rings. The molecule has 0 N–H and O–H groups in total. The van der Waals surface area contributed by atoms with E-state index >= 15 is 0 Å². The molecule has 0 radical (unpaired) electrons. The van der Waals surface area contributed by atoms with Gasteiger partial charge in [-0.3, -0.25) is 4.79 Å². The van der Waals surface area contributed by atoms with E-state index in [0.29, 0.717) is 36.1 Å². The van der Waals surface area contributed by atoms with Crippen molar-refractivity contribution >= 4 is 5.91 Å². The summed E-state index contributed by atoms with van der Waals surface area (Å²) >= 11 is 0. The first-order valence-corrected chi connectivity index (χ1v) is 13.2. The Kier molecular flexibility index (Phi) is 6.15. The van der Waals surface area contributed by atoms with E-state index in [-0.39, 0.29) is 23.7 Å². The first kappa shape index (κ1) is 23.9. The third-order valence-corrected chi connectivity index (χ3v) is 9.48. The molecule has 8 atom stereocenters. The minimum atomic E-state index is 0.0133. The summed E-state index contributed by atoms with van der Waals surface area (Å²) in [4.78, 5) is 17.7. The molecule has 4 aliphatic rings. The number of nitrogens with zero attached hydrogens (tertiary/aromatic N) is 2. The number of carbonyl (C=O) groups is 1. The Hall–Kier alpha value is -2.81. The van der Waals surface area contributed by atoms with Crippen molar-refractivity contribution in [2.75, 3.05) is 0 Å². The Bertz CT molecular complexity index is 1100. The van der Waals surface area contributed by atoms with Crippen molar-refractivity contribution in [1.82, 2.24) is 9.80 Å². The van der Waals surface area contributed by atoms with Gasteiger partial charge in [0.05, 0.1) is 12.5 Å². The quantitative estimate of drug-likeness (QED) is 0.405. The third kappa shape index (κ3) is 3.75. The molecule has 1 amide bonds. The Labute approximate surface area is 211 Å². The number of amides is 1. The maximum atomic E-state index is 13.4. The zero-order valence-corrected chi connectivity index (χ0v) is 21.5. The van der Waals surface area contributed by atoms with Crippen LogP contribution in [0.3, 0.4) is 0 Å². The lowest BCUT2D eigenvalue weighted by Gasteiger charge is -2.26. The van der Waals surface area contributed by atoms with Gasteiger partial charge < -0.3 is 9.80 Å². The number of hydrogen-bond donors (Lipinski definition) is 0. The van der Waals surface area contributed by atoms with E-state index in [4.69, 9.17) is 0 Å². The fourth-order valence-electron chi connectivity index (χ4n) is 7.97. The average molecular weight is 469 g/mol. The third-order valence-electron chi connectivity index (χ3n) is 9.48. The molecule has 2 aliphatic heterocycles. The Balaban J connectivity index is 1.32. The standard InChI is InChI=1S/C32H40N2O/c1-8-11-27-15-20(4)28-21(5)33(23(7)30(27)28)17-24-12-10-13-25(16-24)18-34-22(6)29-19(3)14-26(9-2)31(29)32(34)35/h8-10,12-13,16,19-20,26-31H,1-2,5-7,11,14-15,17-18H2,3-4H3. The molecule has 0 aromatic heterocycles. The Morgan fingerprint density at radius 3 is 2.09 bits per heavy atom. The van der Waals surface area contributed by atoms with Gasteiger partial charge in [-0.2, -0.15) is 0 Å². The van der Waals surface area contributed by atoms with Gasteiger partial charge in [0, 0.05) is 41.4 Å². The van der Waals surface area contributed by atoms with E-state index < -0.39 is 0 Å². The lowest BCUT2D eigenvalue weighted by molar-refractivity contribution is -0.131. The summed E-state index contributed by atoms with van der Waals surface area (Å²) in [6.45, 7) is 27.4. The molecular formula is C32H40N2O. The van der Waals surface area contributed by atoms with Crippen molar-refractivity contribution in [3.8, 4) is 0 Å². The highest BCUT2D eigenvalue weighted by atomic mass is 16.2. The van der Waals surface area contributed by atoms with Crippen molar-refractivity contribution in [3.05, 3.63) is 97.5 Å². The van der Waals surface area contributed by atoms with Gasteiger partial charge >= 0.3 is 0 Å². The summed E-state index contributed by atoms with van der Waals surface area (Å²) in [5.74, 6) is 3.40. The highest BCUT2D eigenvalue weighted by Gasteiger charge is 2.53. The second-order valence-electron chi connectivity index (χ2n) is 11.5. The smallest absolute Gasteiger partial charge is 0.231 e. The van der Waals surface area contributed by atoms with Gasteiger partial charge in [-0.15, -0.1) is 13.2 Å². The summed E-state index contributed by atoms with van der Waals surface area (Å²) in [7, 11) is 0. The van der Waals surface area contributed by atoms with Crippen LogP contribution in [0.2, 0.25) is 0 Å². The summed E-state index contributed by atoms with van der Waals surface area (Å²) < 4.78 is 0. The molecule has 35 heavy (non-hydrogen) atoms. The molecule has 2 heterocycles. The second-order valence-corrected chi connectivity index (χ2v) is 11.5. The van der Waals surface area contributed by atoms with Gasteiger partial charge in [0.25, 0.3) is 0 Å². The van der Waals surface area contributed by atoms with Crippen LogP contribution in [0, 0.1) is 47.3 Å². The topological polar surface area (TPSA) is 23.6 Å². The molecule has 5 rings (SSSR count). The number of benzene rings is 1. The number of hydrogen-bond acceptors (Lipinski definition) is 2. The van der Waals surface area contributed by atoms with Gasteiger partial charge in [-0.1, -0.05) is 70.0 Å². The fourth-order valence-corrected chi connectivity index (χ4v) is 7.97. The highest BCUT2D eigenvalue weighted by Crippen LogP contribution is 2.56. The first-order chi connectivity index (χ1) is 16.8. The molecular weight excluding hydrogens is 428 g/mol. The molecule has 184 valence electrons. The van der Waals surface area contributed by atoms with Crippen molar-refractivity contribution in [1.29, 1.82) is 0 Å². The number of fused-ring (bicyclic) bond motifs is 2. The van der Waals surface area contributed by atoms with Gasteiger partial charge in [0.15, 0.2) is 0 Å². The van der Waals surface area contributed by atoms with Crippen LogP contribution in [-0.2, 0) is 17.9 Å². The zero-order valence-electron chi connectivity index (χ0n) is 21.5. The van der Waals surface area contributed by atoms with Gasteiger partial charge in [-0.05, 0) is 54.1 Å². The molecule has 3 nitrogen and oxygen atoms in total. The summed E-state index contributed by atoms with van der Waals surface area (Å²) in [6, 6.07) is 8.64. The lowest BCUT2D eigenvalue weighted by atomic mass is 9.86. The Morgan fingerprint density at radius 2 is 1.43 bits per heavy atom. The van der Waals surface area contributed by atoms with Crippen LogP contribution in [0.5, 0.6) is 0 Å². The van der Waals surface area contributed by atoms with E-state index in [1.165, 1.54) is 23.4 Å². The minimum absolute atomic E-state index is 0.0133. The van der Waals surface area contributed by atoms with Crippen molar-refractivity contribution in [3.63, 3.8) is 0 Å². The minimum Gasteiger partial charge on any atom is -0.345 e. The van der Waals surface area contributed by atoms with E-state index in [2.05, 4.69) is 82.0 Å². The Morgan fingerprint density at radius 1 is 0.857 bits per heavy atom. The molecule has 3 heteroatoms. The van der Waals surface area contributed by atoms with Crippen molar-refractivity contribution < 1.29 is 4.79 Å². The molecule has 2 saturated carbocycles. The first-order valence-electron chi connectivity index (χ1n) is 13.2. The summed E-state index contributed by atoms with van der Waals surface area (Å²) in [5.41, 5.74) is 5.78. The molecule has 2 aliphatic carbocycles. The van der Waals surface area contributed by atoms with Crippen LogP contribution in [0.15, 0.2) is 86.4 Å². The normalized spacial score (nSPS) is 36.2. The molecule has 0 bridgehead atoms. The predicted octanol–water partition coefficient (Wildman–Crippen LogP) is 6.92. The zero-order chi connectivity index (χ0) is 25.0. The molecule has 4 fully saturated rings. The molecule has 8 unspecified atom stereocenters. The fraction of sp³-hybridized carbons (Fsp3) is 0.469. The average Bonchev–Trinajstić information content (AvgIpc) is 3.49. The van der Waals surface area contributed by atoms with Crippen LogP contribution in [0.4, 0.5) is 0 Å². The lowest BCUT2D eigenvalue weighted by Crippen LogP contribution is -2.28.